The highest BCUT2D eigenvalue weighted by atomic mass is 32.2. The zero-order valence-corrected chi connectivity index (χ0v) is 22.6. The monoisotopic (exact) mass is 534 g/mol. The van der Waals surface area contributed by atoms with E-state index in [2.05, 4.69) is 10.0 Å². The lowest BCUT2D eigenvalue weighted by molar-refractivity contribution is 0.0615. The SMILES string of the molecule is COc1ccc(S(=O)(=O)NCCCCCCNC[C@H](O)COc2ccc3c(c2)OC(C)(C)CC3=O)cc1. The fourth-order valence-electron chi connectivity index (χ4n) is 4.02. The fraction of sp³-hybridized carbons (Fsp3) is 0.519. The first kappa shape index (κ1) is 28.9. The highest BCUT2D eigenvalue weighted by Crippen LogP contribution is 2.35. The number of sulfonamides is 1. The highest BCUT2D eigenvalue weighted by Gasteiger charge is 2.32. The van der Waals surface area contributed by atoms with Crippen molar-refractivity contribution in [1.82, 2.24) is 10.0 Å². The summed E-state index contributed by atoms with van der Waals surface area (Å²) in [4.78, 5) is 12.5. The van der Waals surface area contributed by atoms with E-state index >= 15 is 0 Å². The predicted octanol–water partition coefficient (Wildman–Crippen LogP) is 3.31. The molecule has 0 unspecified atom stereocenters. The van der Waals surface area contributed by atoms with Gasteiger partial charge in [0.1, 0.15) is 35.6 Å². The first-order chi connectivity index (χ1) is 17.6. The van der Waals surface area contributed by atoms with Crippen LogP contribution in [-0.4, -0.2) is 64.4 Å². The molecule has 1 aliphatic heterocycles. The molecule has 0 aliphatic carbocycles. The second-order valence-corrected chi connectivity index (χ2v) is 11.5. The molecule has 0 amide bonds. The van der Waals surface area contributed by atoms with Crippen LogP contribution in [0.25, 0.3) is 0 Å². The molecule has 1 atom stereocenters. The summed E-state index contributed by atoms with van der Waals surface area (Å²) in [5.41, 5.74) is 0.0148. The molecule has 37 heavy (non-hydrogen) atoms. The van der Waals surface area contributed by atoms with E-state index in [9.17, 15) is 18.3 Å². The summed E-state index contributed by atoms with van der Waals surface area (Å²) < 4.78 is 43.9. The Morgan fingerprint density at radius 2 is 1.70 bits per heavy atom. The van der Waals surface area contributed by atoms with Gasteiger partial charge in [-0.3, -0.25) is 4.79 Å². The van der Waals surface area contributed by atoms with Gasteiger partial charge in [-0.15, -0.1) is 0 Å². The number of carbonyl (C=O) groups is 1. The number of aliphatic hydroxyl groups is 1. The molecule has 0 fully saturated rings. The molecule has 3 rings (SSSR count). The number of nitrogens with one attached hydrogen (secondary N) is 2. The number of benzene rings is 2. The largest absolute Gasteiger partial charge is 0.497 e. The maximum absolute atomic E-state index is 12.3. The third kappa shape index (κ3) is 8.99. The van der Waals surface area contributed by atoms with Crippen LogP contribution in [0.15, 0.2) is 47.4 Å². The molecule has 1 aliphatic rings. The maximum atomic E-state index is 12.3. The standard InChI is InChI=1S/C27H38N2O7S/c1-27(2)17-25(31)24-13-10-22(16-26(24)36-27)35-19-20(30)18-28-14-6-4-5-7-15-29-37(32,33)23-11-8-21(34-3)9-12-23/h8-13,16,20,28-30H,4-7,14-15,17-19H2,1-3H3/t20-/m0/s1. The van der Waals surface area contributed by atoms with Crippen LogP contribution >= 0.6 is 0 Å². The Morgan fingerprint density at radius 1 is 1.03 bits per heavy atom. The highest BCUT2D eigenvalue weighted by molar-refractivity contribution is 7.89. The Balaban J connectivity index is 1.24. The first-order valence-electron chi connectivity index (χ1n) is 12.6. The van der Waals surface area contributed by atoms with Crippen LogP contribution in [0.3, 0.4) is 0 Å². The third-order valence-corrected chi connectivity index (χ3v) is 7.47. The molecular formula is C27H38N2O7S. The van der Waals surface area contributed by atoms with Crippen molar-refractivity contribution < 1.29 is 32.5 Å². The number of aliphatic hydroxyl groups excluding tert-OH is 1. The van der Waals surface area contributed by atoms with E-state index < -0.39 is 21.7 Å². The molecule has 0 saturated carbocycles. The summed E-state index contributed by atoms with van der Waals surface area (Å²) in [6.45, 7) is 5.41. The van der Waals surface area contributed by atoms with Gasteiger partial charge in [0.25, 0.3) is 0 Å². The van der Waals surface area contributed by atoms with Crippen LogP contribution in [-0.2, 0) is 10.0 Å². The molecule has 1 heterocycles. The van der Waals surface area contributed by atoms with Crippen molar-refractivity contribution in [3.63, 3.8) is 0 Å². The molecule has 3 N–H and O–H groups in total. The maximum Gasteiger partial charge on any atom is 0.240 e. The normalized spacial score (nSPS) is 15.5. The Kier molecular flexibility index (Phi) is 10.3. The molecule has 2 aromatic carbocycles. The van der Waals surface area contributed by atoms with Crippen LogP contribution in [0.2, 0.25) is 0 Å². The number of ketones is 1. The summed E-state index contributed by atoms with van der Waals surface area (Å²) in [5, 5.41) is 13.4. The topological polar surface area (TPSA) is 123 Å². The van der Waals surface area contributed by atoms with Crippen molar-refractivity contribution in [1.29, 1.82) is 0 Å². The minimum absolute atomic E-state index is 0.0527. The van der Waals surface area contributed by atoms with E-state index in [0.717, 1.165) is 32.2 Å². The zero-order valence-electron chi connectivity index (χ0n) is 21.8. The van der Waals surface area contributed by atoms with Gasteiger partial charge < -0.3 is 24.6 Å². The second kappa shape index (κ2) is 13.2. The Morgan fingerprint density at radius 3 is 2.41 bits per heavy atom. The quantitative estimate of drug-likeness (QED) is 0.298. The number of fused-ring (bicyclic) bond motifs is 1. The van der Waals surface area contributed by atoms with Crippen LogP contribution in [0.5, 0.6) is 17.2 Å². The number of unbranched alkanes of at least 4 members (excludes halogenated alkanes) is 3. The number of methoxy groups -OCH3 is 1. The summed E-state index contributed by atoms with van der Waals surface area (Å²) >= 11 is 0. The van der Waals surface area contributed by atoms with Gasteiger partial charge in [-0.25, -0.2) is 13.1 Å². The molecule has 0 aromatic heterocycles. The smallest absolute Gasteiger partial charge is 0.240 e. The second-order valence-electron chi connectivity index (χ2n) is 9.78. The van der Waals surface area contributed by atoms with Gasteiger partial charge >= 0.3 is 0 Å². The van der Waals surface area contributed by atoms with Crippen molar-refractivity contribution in [2.75, 3.05) is 33.4 Å². The lowest BCUT2D eigenvalue weighted by atomic mass is 9.93. The minimum Gasteiger partial charge on any atom is -0.497 e. The van der Waals surface area contributed by atoms with E-state index in [1.807, 2.05) is 13.8 Å². The van der Waals surface area contributed by atoms with Crippen LogP contribution in [0, 0.1) is 0 Å². The zero-order chi connectivity index (χ0) is 26.9. The molecule has 2 aromatic rings. The van der Waals surface area contributed by atoms with Crippen molar-refractivity contribution in [2.45, 2.75) is 62.6 Å². The predicted molar refractivity (Wildman–Crippen MR) is 141 cm³/mol. The molecule has 204 valence electrons. The van der Waals surface area contributed by atoms with Crippen molar-refractivity contribution in [3.05, 3.63) is 48.0 Å². The van der Waals surface area contributed by atoms with Gasteiger partial charge in [0.05, 0.1) is 24.0 Å². The van der Waals surface area contributed by atoms with Crippen molar-refractivity contribution >= 4 is 15.8 Å². The molecule has 0 saturated heterocycles. The van der Waals surface area contributed by atoms with E-state index in [1.54, 1.807) is 30.3 Å². The first-order valence-corrected chi connectivity index (χ1v) is 14.1. The number of Topliss-reactive ketones (excluding diaryl/α,β-unsaturated/α-hetero) is 1. The van der Waals surface area contributed by atoms with E-state index in [-0.39, 0.29) is 17.3 Å². The van der Waals surface area contributed by atoms with Crippen molar-refractivity contribution in [2.24, 2.45) is 0 Å². The molecule has 10 heteroatoms. The van der Waals surface area contributed by atoms with Crippen molar-refractivity contribution in [3.8, 4) is 17.2 Å². The van der Waals surface area contributed by atoms with Gasteiger partial charge in [0.2, 0.25) is 10.0 Å². The Hall–Kier alpha value is -2.66. The lowest BCUT2D eigenvalue weighted by Crippen LogP contribution is -2.35. The minimum atomic E-state index is -3.51. The molecule has 9 nitrogen and oxygen atoms in total. The van der Waals surface area contributed by atoms with E-state index in [0.29, 0.717) is 42.3 Å². The van der Waals surface area contributed by atoms with Gasteiger partial charge in [0, 0.05) is 19.2 Å². The van der Waals surface area contributed by atoms with Gasteiger partial charge in [-0.05, 0) is 69.6 Å². The summed E-state index contributed by atoms with van der Waals surface area (Å²) in [7, 11) is -1.98. The summed E-state index contributed by atoms with van der Waals surface area (Å²) in [6, 6.07) is 11.4. The van der Waals surface area contributed by atoms with Gasteiger partial charge in [-0.1, -0.05) is 12.8 Å². The van der Waals surface area contributed by atoms with E-state index in [1.165, 1.54) is 19.2 Å². The molecular weight excluding hydrogens is 496 g/mol. The third-order valence-electron chi connectivity index (χ3n) is 5.99. The summed E-state index contributed by atoms with van der Waals surface area (Å²) in [6.07, 6.45) is 3.19. The summed E-state index contributed by atoms with van der Waals surface area (Å²) in [5.74, 6) is 1.72. The number of hydrogen-bond acceptors (Lipinski definition) is 8. The van der Waals surface area contributed by atoms with Crippen LogP contribution in [0.4, 0.5) is 0 Å². The fourth-order valence-corrected chi connectivity index (χ4v) is 5.09. The number of carbonyl (C=O) groups excluding carboxylic acids is 1. The average molecular weight is 535 g/mol. The lowest BCUT2D eigenvalue weighted by Gasteiger charge is -2.31. The van der Waals surface area contributed by atoms with Crippen LogP contribution in [0.1, 0.15) is 56.3 Å². The van der Waals surface area contributed by atoms with Gasteiger partial charge in [-0.2, -0.15) is 0 Å². The number of hydrogen-bond donors (Lipinski definition) is 3. The molecule has 0 spiro atoms. The number of rotatable bonds is 15. The Bertz CT molecular complexity index is 1130. The molecule has 0 bridgehead atoms. The average Bonchev–Trinajstić information content (AvgIpc) is 2.85. The van der Waals surface area contributed by atoms with E-state index in [4.69, 9.17) is 14.2 Å². The van der Waals surface area contributed by atoms with Crippen LogP contribution < -0.4 is 24.2 Å². The van der Waals surface area contributed by atoms with Gasteiger partial charge in [0.15, 0.2) is 5.78 Å². The number of ether oxygens (including phenoxy) is 3. The Labute approximate surface area is 219 Å². The molecule has 0 radical (unpaired) electrons.